The maximum Gasteiger partial charge on any atom is 0.251 e. The Morgan fingerprint density at radius 2 is 1.95 bits per heavy atom. The predicted molar refractivity (Wildman–Crippen MR) is 160 cm³/mol. The number of nitrogens with one attached hydrogen (secondary N) is 2. The Bertz CT molecular complexity index is 1480. The van der Waals surface area contributed by atoms with Crippen LogP contribution in [-0.2, 0) is 6.42 Å². The van der Waals surface area contributed by atoms with Gasteiger partial charge in [-0.05, 0) is 75.6 Å². The fourth-order valence-electron chi connectivity index (χ4n) is 5.18. The second-order valence-electron chi connectivity index (χ2n) is 10.1. The Labute approximate surface area is 239 Å². The molecule has 0 radical (unpaired) electrons. The summed E-state index contributed by atoms with van der Waals surface area (Å²) in [6.07, 6.45) is 5.10. The first kappa shape index (κ1) is 27.6. The number of nitrogens with two attached hydrogens (primary N) is 1. The monoisotopic (exact) mass is 559 g/mol. The van der Waals surface area contributed by atoms with Crippen LogP contribution in [0.3, 0.4) is 0 Å². The third-order valence-electron chi connectivity index (χ3n) is 7.44. The molecule has 0 atom stereocenters. The number of hydrogen-bond acceptors (Lipinski definition) is 8. The van der Waals surface area contributed by atoms with Gasteiger partial charge in [0.2, 0.25) is 5.95 Å². The van der Waals surface area contributed by atoms with Crippen molar-refractivity contribution in [1.82, 2.24) is 20.2 Å². The molecule has 1 aliphatic carbocycles. The van der Waals surface area contributed by atoms with Crippen LogP contribution in [0.25, 0.3) is 5.57 Å². The summed E-state index contributed by atoms with van der Waals surface area (Å²) in [5.74, 6) is 0.780. The lowest BCUT2D eigenvalue weighted by Gasteiger charge is -2.29. The van der Waals surface area contributed by atoms with Crippen molar-refractivity contribution in [1.29, 1.82) is 0 Å². The van der Waals surface area contributed by atoms with Gasteiger partial charge in [-0.25, -0.2) is 9.97 Å². The molecule has 1 fully saturated rings. The molecule has 0 saturated carbocycles. The number of halogens is 1. The second kappa shape index (κ2) is 12.1. The first-order chi connectivity index (χ1) is 19.4. The van der Waals surface area contributed by atoms with E-state index in [1.54, 1.807) is 32.4 Å². The van der Waals surface area contributed by atoms with Gasteiger partial charge in [-0.15, -0.1) is 0 Å². The summed E-state index contributed by atoms with van der Waals surface area (Å²) in [6, 6.07) is 13.0. The number of rotatable bonds is 7. The Hall–Kier alpha value is -3.95. The molecule has 2 heterocycles. The number of aliphatic imine (C=N–C) groups is 1. The number of aryl methyl sites for hydroxylation is 1. The minimum Gasteiger partial charge on any atom is -0.495 e. The number of ether oxygens (including phenoxy) is 1. The largest absolute Gasteiger partial charge is 0.495 e. The molecular formula is C30H34ClN7O2. The number of carbonyl (C=O) groups is 1. The Morgan fingerprint density at radius 1 is 1.18 bits per heavy atom. The number of allylic oxidation sites excluding steroid dienone is 2. The summed E-state index contributed by atoms with van der Waals surface area (Å²) in [4.78, 5) is 29.2. The van der Waals surface area contributed by atoms with Crippen LogP contribution in [0.4, 0.5) is 11.6 Å². The van der Waals surface area contributed by atoms with Crippen molar-refractivity contribution in [2.45, 2.75) is 31.7 Å². The van der Waals surface area contributed by atoms with Gasteiger partial charge in [-0.2, -0.15) is 0 Å². The van der Waals surface area contributed by atoms with Crippen molar-refractivity contribution in [3.05, 3.63) is 81.8 Å². The van der Waals surface area contributed by atoms with Crippen molar-refractivity contribution in [2.75, 3.05) is 39.6 Å². The van der Waals surface area contributed by atoms with Gasteiger partial charge in [0.1, 0.15) is 5.75 Å². The van der Waals surface area contributed by atoms with Gasteiger partial charge in [-0.1, -0.05) is 29.8 Å². The van der Waals surface area contributed by atoms with E-state index in [1.165, 1.54) is 0 Å². The topological polar surface area (TPSA) is 118 Å². The number of piperidine rings is 1. The minimum absolute atomic E-state index is 0.111. The van der Waals surface area contributed by atoms with Gasteiger partial charge in [0.05, 0.1) is 24.2 Å². The van der Waals surface area contributed by atoms with E-state index in [0.29, 0.717) is 45.8 Å². The lowest BCUT2D eigenvalue weighted by molar-refractivity contribution is 0.0916. The number of benzene rings is 2. The molecule has 1 aromatic heterocycles. The van der Waals surface area contributed by atoms with Gasteiger partial charge in [-0.3, -0.25) is 9.79 Å². The molecule has 10 heteroatoms. The summed E-state index contributed by atoms with van der Waals surface area (Å²) in [7, 11) is 5.40. The molecule has 2 aliphatic rings. The number of likely N-dealkylation sites (tertiary alicyclic amines) is 1. The van der Waals surface area contributed by atoms with E-state index in [9.17, 15) is 4.79 Å². The zero-order chi connectivity index (χ0) is 28.2. The summed E-state index contributed by atoms with van der Waals surface area (Å²) in [6.45, 7) is 1.95. The number of fused-ring (bicyclic) bond motifs is 1. The number of carbonyl (C=O) groups excluding carboxylic acids is 1. The minimum atomic E-state index is -0.111. The number of methoxy groups -OCH3 is 1. The Morgan fingerprint density at radius 3 is 2.67 bits per heavy atom. The highest BCUT2D eigenvalue weighted by molar-refractivity contribution is 6.40. The average molecular weight is 560 g/mol. The van der Waals surface area contributed by atoms with Crippen LogP contribution in [0.5, 0.6) is 5.75 Å². The molecule has 1 amide bonds. The van der Waals surface area contributed by atoms with Crippen molar-refractivity contribution in [3.63, 3.8) is 0 Å². The Kier molecular flexibility index (Phi) is 8.32. The van der Waals surface area contributed by atoms with E-state index < -0.39 is 0 Å². The van der Waals surface area contributed by atoms with Gasteiger partial charge < -0.3 is 26.0 Å². The van der Waals surface area contributed by atoms with Crippen LogP contribution in [0, 0.1) is 0 Å². The van der Waals surface area contributed by atoms with Crippen molar-refractivity contribution in [3.8, 4) is 5.75 Å². The number of nitrogens with zero attached hydrogens (tertiary/aromatic N) is 4. The molecule has 9 nitrogen and oxygen atoms in total. The lowest BCUT2D eigenvalue weighted by Crippen LogP contribution is -2.43. The maximum absolute atomic E-state index is 12.9. The van der Waals surface area contributed by atoms with Crippen LogP contribution >= 0.6 is 11.6 Å². The lowest BCUT2D eigenvalue weighted by atomic mass is 9.88. The Balaban J connectivity index is 1.40. The van der Waals surface area contributed by atoms with Crippen LogP contribution in [0.1, 0.15) is 46.4 Å². The van der Waals surface area contributed by atoms with Gasteiger partial charge >= 0.3 is 0 Å². The predicted octanol–water partition coefficient (Wildman–Crippen LogP) is 4.44. The quantitative estimate of drug-likeness (QED) is 0.366. The van der Waals surface area contributed by atoms with Gasteiger partial charge in [0.25, 0.3) is 5.91 Å². The van der Waals surface area contributed by atoms with Crippen molar-refractivity contribution >= 4 is 40.4 Å². The van der Waals surface area contributed by atoms with E-state index >= 15 is 0 Å². The molecule has 208 valence electrons. The first-order valence-corrected chi connectivity index (χ1v) is 13.8. The fraction of sp³-hybridized carbons (Fsp3) is 0.333. The molecule has 0 bridgehead atoms. The zero-order valence-electron chi connectivity index (χ0n) is 23.0. The first-order valence-electron chi connectivity index (χ1n) is 13.4. The molecule has 4 N–H and O–H groups in total. The summed E-state index contributed by atoms with van der Waals surface area (Å²) >= 11 is 6.53. The van der Waals surface area contributed by atoms with E-state index in [4.69, 9.17) is 27.1 Å². The van der Waals surface area contributed by atoms with E-state index in [0.717, 1.165) is 54.7 Å². The fourth-order valence-corrected chi connectivity index (χ4v) is 5.40. The highest BCUT2D eigenvalue weighted by atomic mass is 35.5. The molecule has 0 unspecified atom stereocenters. The highest BCUT2D eigenvalue weighted by Crippen LogP contribution is 2.34. The van der Waals surface area contributed by atoms with Crippen molar-refractivity contribution in [2.24, 2.45) is 10.7 Å². The number of aromatic nitrogens is 2. The number of amides is 1. The molecular weight excluding hydrogens is 526 g/mol. The molecule has 1 saturated heterocycles. The van der Waals surface area contributed by atoms with Crippen molar-refractivity contribution < 1.29 is 9.53 Å². The second-order valence-corrected chi connectivity index (χ2v) is 10.5. The zero-order valence-corrected chi connectivity index (χ0v) is 23.8. The molecule has 3 aromatic rings. The average Bonchev–Trinajstić information content (AvgIpc) is 2.96. The van der Waals surface area contributed by atoms with Gasteiger partial charge in [0, 0.05) is 46.7 Å². The smallest absolute Gasteiger partial charge is 0.251 e. The number of hydrogen-bond donors (Lipinski definition) is 3. The van der Waals surface area contributed by atoms with E-state index in [2.05, 4.69) is 32.6 Å². The molecule has 1 aliphatic heterocycles. The maximum atomic E-state index is 12.9. The SMILES string of the molecule is CN=C(C1=C(N)CCc2cnc(Nc3ccc(C(=O)NC4CCN(C)CC4)cc3OC)nc21)c1ccccc1Cl. The standard InChI is InChI=1S/C30H34ClN7O2/c1-33-28(21-6-4-5-7-22(21)31)26-23(32)10-8-19-17-34-30(37-27(19)26)36-24-11-9-18(16-25(24)40-3)29(39)35-20-12-14-38(2)15-13-20/h4-7,9,11,16-17,20H,8,10,12-15,32H2,1-3H3,(H,35,39)(H,34,36,37). The van der Waals surface area contributed by atoms with E-state index in [-0.39, 0.29) is 11.9 Å². The molecule has 2 aromatic carbocycles. The highest BCUT2D eigenvalue weighted by Gasteiger charge is 2.26. The summed E-state index contributed by atoms with van der Waals surface area (Å²) in [5, 5.41) is 7.00. The van der Waals surface area contributed by atoms with Crippen LogP contribution in [0.2, 0.25) is 5.02 Å². The van der Waals surface area contributed by atoms with Crippen LogP contribution in [0.15, 0.2) is 59.4 Å². The molecule has 5 rings (SSSR count). The third kappa shape index (κ3) is 5.80. The van der Waals surface area contributed by atoms with Gasteiger partial charge in [0.15, 0.2) is 0 Å². The van der Waals surface area contributed by atoms with E-state index in [1.807, 2.05) is 30.5 Å². The number of anilines is 2. The van der Waals surface area contributed by atoms with Crippen LogP contribution < -0.4 is 21.1 Å². The third-order valence-corrected chi connectivity index (χ3v) is 7.77. The van der Waals surface area contributed by atoms with Crippen LogP contribution in [-0.4, -0.2) is 66.8 Å². The normalized spacial score (nSPS) is 16.4. The summed E-state index contributed by atoms with van der Waals surface area (Å²) < 4.78 is 5.62. The molecule has 40 heavy (non-hydrogen) atoms. The summed E-state index contributed by atoms with van der Waals surface area (Å²) in [5.41, 5.74) is 12.4. The molecule has 0 spiro atoms.